The van der Waals surface area contributed by atoms with Crippen molar-refractivity contribution in [3.63, 3.8) is 0 Å². The Morgan fingerprint density at radius 3 is 3.00 bits per heavy atom. The number of benzene rings is 1. The average Bonchev–Trinajstić information content (AvgIpc) is 2.98. The molecule has 0 radical (unpaired) electrons. The van der Waals surface area contributed by atoms with Crippen LogP contribution in [0.5, 0.6) is 0 Å². The third-order valence-corrected chi connectivity index (χ3v) is 4.35. The molecule has 1 unspecified atom stereocenters. The van der Waals surface area contributed by atoms with E-state index in [-0.39, 0.29) is 0 Å². The largest absolute Gasteiger partial charge is 0.316 e. The van der Waals surface area contributed by atoms with Crippen LogP contribution in [-0.4, -0.2) is 31.6 Å². The second kappa shape index (κ2) is 5.41. The van der Waals surface area contributed by atoms with E-state index >= 15 is 0 Å². The van der Waals surface area contributed by atoms with Crippen LogP contribution in [0.1, 0.15) is 29.5 Å². The first-order chi connectivity index (χ1) is 8.81. The number of nitrogens with zero attached hydrogens (tertiary/aromatic N) is 1. The molecule has 1 aromatic carbocycles. The maximum Gasteiger partial charge on any atom is 0.0230 e. The summed E-state index contributed by atoms with van der Waals surface area (Å²) in [6.07, 6.45) is 5.27. The monoisotopic (exact) mass is 244 g/mol. The Balaban J connectivity index is 1.58. The van der Waals surface area contributed by atoms with Gasteiger partial charge in [-0.15, -0.1) is 0 Å². The standard InChI is InChI=1S/C16H24N2/c1-18(12-14-7-8-17-10-14)11-13-5-6-15-3-2-4-16(15)9-13/h5-6,9,14,17H,2-4,7-8,10-12H2,1H3. The van der Waals surface area contributed by atoms with E-state index < -0.39 is 0 Å². The van der Waals surface area contributed by atoms with E-state index in [1.807, 2.05) is 0 Å². The summed E-state index contributed by atoms with van der Waals surface area (Å²) in [6, 6.07) is 7.11. The lowest BCUT2D eigenvalue weighted by Gasteiger charge is -2.20. The molecule has 1 saturated heterocycles. The third kappa shape index (κ3) is 2.76. The van der Waals surface area contributed by atoms with Crippen molar-refractivity contribution in [2.75, 3.05) is 26.7 Å². The lowest BCUT2D eigenvalue weighted by atomic mass is 10.1. The maximum absolute atomic E-state index is 3.45. The van der Waals surface area contributed by atoms with Crippen molar-refractivity contribution in [2.45, 2.75) is 32.2 Å². The van der Waals surface area contributed by atoms with Gasteiger partial charge in [-0.25, -0.2) is 0 Å². The molecule has 1 heterocycles. The summed E-state index contributed by atoms with van der Waals surface area (Å²) in [7, 11) is 2.26. The summed E-state index contributed by atoms with van der Waals surface area (Å²) in [4.78, 5) is 2.48. The van der Waals surface area contributed by atoms with E-state index in [1.54, 1.807) is 11.1 Å². The van der Waals surface area contributed by atoms with Gasteiger partial charge in [0.2, 0.25) is 0 Å². The number of hydrogen-bond donors (Lipinski definition) is 1. The molecule has 0 amide bonds. The van der Waals surface area contributed by atoms with Crippen molar-refractivity contribution in [1.82, 2.24) is 10.2 Å². The molecular weight excluding hydrogens is 220 g/mol. The van der Waals surface area contributed by atoms with Crippen LogP contribution in [0.4, 0.5) is 0 Å². The summed E-state index contributed by atoms with van der Waals surface area (Å²) in [5.41, 5.74) is 4.67. The normalized spacial score (nSPS) is 22.7. The molecule has 3 rings (SSSR count). The van der Waals surface area contributed by atoms with Crippen LogP contribution in [-0.2, 0) is 19.4 Å². The van der Waals surface area contributed by atoms with Gasteiger partial charge >= 0.3 is 0 Å². The fourth-order valence-electron chi connectivity index (χ4n) is 3.41. The number of aryl methyl sites for hydroxylation is 2. The van der Waals surface area contributed by atoms with E-state index in [9.17, 15) is 0 Å². The van der Waals surface area contributed by atoms with Crippen molar-refractivity contribution in [3.8, 4) is 0 Å². The zero-order chi connectivity index (χ0) is 12.4. The summed E-state index contributed by atoms with van der Waals surface area (Å²) in [5, 5.41) is 3.45. The molecule has 0 aromatic heterocycles. The lowest BCUT2D eigenvalue weighted by molar-refractivity contribution is 0.278. The minimum atomic E-state index is 0.851. The fraction of sp³-hybridized carbons (Fsp3) is 0.625. The maximum atomic E-state index is 3.45. The van der Waals surface area contributed by atoms with Gasteiger partial charge in [0.1, 0.15) is 0 Å². The van der Waals surface area contributed by atoms with Crippen LogP contribution in [0.25, 0.3) is 0 Å². The Hall–Kier alpha value is -0.860. The molecule has 2 aliphatic rings. The highest BCUT2D eigenvalue weighted by molar-refractivity contribution is 5.35. The first-order valence-corrected chi connectivity index (χ1v) is 7.31. The van der Waals surface area contributed by atoms with E-state index in [0.29, 0.717) is 0 Å². The Bertz CT molecular complexity index is 408. The molecule has 0 saturated carbocycles. The van der Waals surface area contributed by atoms with Crippen LogP contribution in [0.3, 0.4) is 0 Å². The van der Waals surface area contributed by atoms with Gasteiger partial charge in [0.15, 0.2) is 0 Å². The second-order valence-corrected chi connectivity index (χ2v) is 6.01. The van der Waals surface area contributed by atoms with Crippen LogP contribution in [0.2, 0.25) is 0 Å². The molecule has 2 heteroatoms. The summed E-state index contributed by atoms with van der Waals surface area (Å²) < 4.78 is 0. The molecule has 1 N–H and O–H groups in total. The third-order valence-electron chi connectivity index (χ3n) is 4.35. The molecule has 1 aliphatic heterocycles. The molecule has 18 heavy (non-hydrogen) atoms. The van der Waals surface area contributed by atoms with Gasteiger partial charge in [-0.05, 0) is 68.4 Å². The minimum Gasteiger partial charge on any atom is -0.316 e. The molecule has 98 valence electrons. The number of hydrogen-bond acceptors (Lipinski definition) is 2. The Morgan fingerprint density at radius 1 is 1.28 bits per heavy atom. The van der Waals surface area contributed by atoms with Gasteiger partial charge in [0.25, 0.3) is 0 Å². The molecule has 2 nitrogen and oxygen atoms in total. The van der Waals surface area contributed by atoms with Crippen molar-refractivity contribution >= 4 is 0 Å². The summed E-state index contributed by atoms with van der Waals surface area (Å²) >= 11 is 0. The smallest absolute Gasteiger partial charge is 0.0230 e. The molecule has 0 spiro atoms. The van der Waals surface area contributed by atoms with Crippen LogP contribution >= 0.6 is 0 Å². The Kier molecular flexibility index (Phi) is 3.67. The molecule has 1 atom stereocenters. The van der Waals surface area contributed by atoms with Crippen LogP contribution in [0, 0.1) is 5.92 Å². The SMILES string of the molecule is CN(Cc1ccc2c(c1)CCC2)CC1CCNC1. The van der Waals surface area contributed by atoms with Crippen LogP contribution < -0.4 is 5.32 Å². The molecule has 1 aliphatic carbocycles. The fourth-order valence-corrected chi connectivity index (χ4v) is 3.41. The number of rotatable bonds is 4. The van der Waals surface area contributed by atoms with Crippen molar-refractivity contribution in [1.29, 1.82) is 0 Å². The van der Waals surface area contributed by atoms with Crippen molar-refractivity contribution < 1.29 is 0 Å². The van der Waals surface area contributed by atoms with Gasteiger partial charge in [-0.1, -0.05) is 18.2 Å². The zero-order valence-electron chi connectivity index (χ0n) is 11.4. The molecule has 1 aromatic rings. The first-order valence-electron chi connectivity index (χ1n) is 7.31. The lowest BCUT2D eigenvalue weighted by Crippen LogP contribution is -2.26. The first kappa shape index (κ1) is 12.2. The van der Waals surface area contributed by atoms with Gasteiger partial charge in [-0.2, -0.15) is 0 Å². The van der Waals surface area contributed by atoms with Gasteiger partial charge in [0, 0.05) is 13.1 Å². The van der Waals surface area contributed by atoms with Crippen molar-refractivity contribution in [2.24, 2.45) is 5.92 Å². The highest BCUT2D eigenvalue weighted by Crippen LogP contribution is 2.23. The molecule has 1 fully saturated rings. The Morgan fingerprint density at radius 2 is 2.17 bits per heavy atom. The average molecular weight is 244 g/mol. The minimum absolute atomic E-state index is 0.851. The molecular formula is C16H24N2. The predicted octanol–water partition coefficient (Wildman–Crippen LogP) is 2.22. The van der Waals surface area contributed by atoms with Crippen molar-refractivity contribution in [3.05, 3.63) is 34.9 Å². The Labute approximate surface area is 110 Å². The molecule has 0 bridgehead atoms. The highest BCUT2D eigenvalue weighted by Gasteiger charge is 2.17. The highest BCUT2D eigenvalue weighted by atomic mass is 15.1. The van der Waals surface area contributed by atoms with E-state index in [4.69, 9.17) is 0 Å². The summed E-state index contributed by atoms with van der Waals surface area (Å²) in [6.45, 7) is 4.74. The second-order valence-electron chi connectivity index (χ2n) is 6.01. The van der Waals surface area contributed by atoms with E-state index in [2.05, 4.69) is 35.5 Å². The topological polar surface area (TPSA) is 15.3 Å². The van der Waals surface area contributed by atoms with Crippen LogP contribution in [0.15, 0.2) is 18.2 Å². The quantitative estimate of drug-likeness (QED) is 0.873. The number of fused-ring (bicyclic) bond motifs is 1. The zero-order valence-corrected chi connectivity index (χ0v) is 11.4. The predicted molar refractivity (Wildman–Crippen MR) is 75.8 cm³/mol. The summed E-state index contributed by atoms with van der Waals surface area (Å²) in [5.74, 6) is 0.851. The van der Waals surface area contributed by atoms with E-state index in [0.717, 1.165) is 12.5 Å². The van der Waals surface area contributed by atoms with Gasteiger partial charge < -0.3 is 10.2 Å². The van der Waals surface area contributed by atoms with E-state index in [1.165, 1.54) is 50.9 Å². The number of nitrogens with one attached hydrogen (secondary N) is 1. The van der Waals surface area contributed by atoms with Gasteiger partial charge in [-0.3, -0.25) is 0 Å². The van der Waals surface area contributed by atoms with Gasteiger partial charge in [0.05, 0.1) is 0 Å².